The molecule has 0 aliphatic heterocycles. The molecule has 0 heterocycles. The Morgan fingerprint density at radius 2 is 1.22 bits per heavy atom. The minimum atomic E-state index is 0. The van der Waals surface area contributed by atoms with Crippen LogP contribution in [0.15, 0.2) is 0 Å². The fourth-order valence-electron chi connectivity index (χ4n) is 1.72. The van der Waals surface area contributed by atoms with Crippen LogP contribution in [0, 0.1) is 0 Å². The van der Waals surface area contributed by atoms with E-state index < -0.39 is 0 Å². The Morgan fingerprint density at radius 1 is 0.778 bits per heavy atom. The maximum atomic E-state index is 9.84. The fraction of sp³-hybridized carbons (Fsp3) is 0.938. The molecule has 18 heavy (non-hydrogen) atoms. The Bertz CT molecular complexity index is 135. The largest absolute Gasteiger partial charge is 0.396 e. The van der Waals surface area contributed by atoms with E-state index in [2.05, 4.69) is 13.8 Å². The van der Waals surface area contributed by atoms with Crippen LogP contribution in [0.4, 0.5) is 0 Å². The first-order valence-corrected chi connectivity index (χ1v) is 7.87. The molecule has 0 rings (SSSR count). The molecule has 0 aromatic rings. The zero-order chi connectivity index (χ0) is 13.9. The second-order valence-electron chi connectivity index (χ2n) is 4.86. The predicted octanol–water partition coefficient (Wildman–Crippen LogP) is 5.13. The molecule has 0 aromatic carbocycles. The normalized spacial score (nSPS) is 9.72. The van der Waals surface area contributed by atoms with Gasteiger partial charge in [-0.3, -0.25) is 0 Å². The van der Waals surface area contributed by atoms with Crippen LogP contribution in [-0.2, 0) is 4.79 Å². The number of aldehydes is 1. The van der Waals surface area contributed by atoms with Gasteiger partial charge in [0.2, 0.25) is 0 Å². The van der Waals surface area contributed by atoms with Crippen LogP contribution in [-0.4, -0.2) is 18.0 Å². The van der Waals surface area contributed by atoms with E-state index in [0.717, 1.165) is 25.5 Å². The van der Waals surface area contributed by atoms with Gasteiger partial charge < -0.3 is 9.90 Å². The molecule has 0 bridgehead atoms. The third-order valence-electron chi connectivity index (χ3n) is 2.94. The molecule has 1 N–H and O–H groups in total. The number of carbonyl (C=O) groups excluding carboxylic acids is 1. The maximum Gasteiger partial charge on any atom is 0.119 e. The van der Waals surface area contributed by atoms with Gasteiger partial charge in [0.05, 0.1) is 0 Å². The predicted molar refractivity (Wildman–Crippen MR) is 82.0 cm³/mol. The summed E-state index contributed by atoms with van der Waals surface area (Å²) in [7, 11) is 0. The van der Waals surface area contributed by atoms with E-state index in [1.165, 1.54) is 57.8 Å². The Balaban J connectivity index is -0.000000256. The monoisotopic (exact) mass is 260 g/mol. The SMILES string of the molecule is CCCCCCCC=O.CCCCCCCCO.[HH]. The average Bonchev–Trinajstić information content (AvgIpc) is 2.39. The van der Waals surface area contributed by atoms with Crippen molar-refractivity contribution in [3.63, 3.8) is 0 Å². The zero-order valence-electron chi connectivity index (χ0n) is 12.6. The number of aliphatic hydroxyl groups is 1. The molecule has 0 saturated heterocycles. The second kappa shape index (κ2) is 21.9. The quantitative estimate of drug-likeness (QED) is 0.390. The van der Waals surface area contributed by atoms with Crippen LogP contribution < -0.4 is 0 Å². The van der Waals surface area contributed by atoms with Crippen LogP contribution in [0.3, 0.4) is 0 Å². The zero-order valence-corrected chi connectivity index (χ0v) is 12.6. The van der Waals surface area contributed by atoms with Crippen LogP contribution >= 0.6 is 0 Å². The summed E-state index contributed by atoms with van der Waals surface area (Å²) in [5.74, 6) is 0. The summed E-state index contributed by atoms with van der Waals surface area (Å²) in [5.41, 5.74) is 0. The fourth-order valence-corrected chi connectivity index (χ4v) is 1.72. The van der Waals surface area contributed by atoms with Crippen molar-refractivity contribution in [2.24, 2.45) is 0 Å². The van der Waals surface area contributed by atoms with E-state index in [-0.39, 0.29) is 1.43 Å². The van der Waals surface area contributed by atoms with Gasteiger partial charge >= 0.3 is 0 Å². The number of hydrogen-bond donors (Lipinski definition) is 1. The summed E-state index contributed by atoms with van der Waals surface area (Å²) in [5, 5.41) is 8.42. The third-order valence-corrected chi connectivity index (χ3v) is 2.94. The molecule has 0 unspecified atom stereocenters. The maximum absolute atomic E-state index is 9.84. The molecule has 112 valence electrons. The Kier molecular flexibility index (Phi) is 24.2. The van der Waals surface area contributed by atoms with Crippen molar-refractivity contribution in [3.8, 4) is 0 Å². The standard InChI is InChI=1S/C8H18O.C8H16O.H2/c2*1-2-3-4-5-6-7-8-9;/h9H,2-8H2,1H3;8H,2-7H2,1H3;1H. The lowest BCUT2D eigenvalue weighted by atomic mass is 10.1. The van der Waals surface area contributed by atoms with Gasteiger partial charge in [0.15, 0.2) is 0 Å². The van der Waals surface area contributed by atoms with Gasteiger partial charge in [0, 0.05) is 14.5 Å². The molecule has 0 radical (unpaired) electrons. The lowest BCUT2D eigenvalue weighted by Gasteiger charge is -1.95. The van der Waals surface area contributed by atoms with Crippen LogP contribution in [0.5, 0.6) is 0 Å². The van der Waals surface area contributed by atoms with E-state index in [9.17, 15) is 4.79 Å². The van der Waals surface area contributed by atoms with Crippen molar-refractivity contribution >= 4 is 6.29 Å². The molecular weight excluding hydrogens is 224 g/mol. The summed E-state index contributed by atoms with van der Waals surface area (Å²) < 4.78 is 0. The number of carbonyl (C=O) groups is 1. The highest BCUT2D eigenvalue weighted by atomic mass is 16.2. The lowest BCUT2D eigenvalue weighted by molar-refractivity contribution is -0.107. The minimum absolute atomic E-state index is 0. The molecule has 0 aromatic heterocycles. The van der Waals surface area contributed by atoms with Gasteiger partial charge in [-0.2, -0.15) is 0 Å². The topological polar surface area (TPSA) is 37.3 Å². The summed E-state index contributed by atoms with van der Waals surface area (Å²) in [4.78, 5) is 9.84. The number of rotatable bonds is 12. The summed E-state index contributed by atoms with van der Waals surface area (Å²) >= 11 is 0. The van der Waals surface area contributed by atoms with Crippen LogP contribution in [0.1, 0.15) is 92.3 Å². The summed E-state index contributed by atoms with van der Waals surface area (Å²) in [6, 6.07) is 0. The molecule has 0 fully saturated rings. The van der Waals surface area contributed by atoms with Crippen LogP contribution in [0.25, 0.3) is 0 Å². The Labute approximate surface area is 116 Å². The number of hydrogen-bond acceptors (Lipinski definition) is 2. The van der Waals surface area contributed by atoms with Gasteiger partial charge in [0.25, 0.3) is 0 Å². The molecular formula is C16H36O2. The van der Waals surface area contributed by atoms with E-state index in [4.69, 9.17) is 5.11 Å². The smallest absolute Gasteiger partial charge is 0.119 e. The van der Waals surface area contributed by atoms with E-state index >= 15 is 0 Å². The number of aliphatic hydroxyl groups excluding tert-OH is 1. The molecule has 2 nitrogen and oxygen atoms in total. The van der Waals surface area contributed by atoms with Crippen molar-refractivity contribution in [1.82, 2.24) is 0 Å². The van der Waals surface area contributed by atoms with Crippen LogP contribution in [0.2, 0.25) is 0 Å². The highest BCUT2D eigenvalue weighted by Gasteiger charge is 1.86. The molecule has 0 spiro atoms. The van der Waals surface area contributed by atoms with Gasteiger partial charge in [-0.25, -0.2) is 0 Å². The second-order valence-corrected chi connectivity index (χ2v) is 4.86. The van der Waals surface area contributed by atoms with Gasteiger partial charge in [-0.05, 0) is 12.8 Å². The molecule has 2 heteroatoms. The molecule has 0 saturated carbocycles. The molecule has 0 atom stereocenters. The van der Waals surface area contributed by atoms with E-state index in [0.29, 0.717) is 6.61 Å². The van der Waals surface area contributed by atoms with E-state index in [1.807, 2.05) is 0 Å². The van der Waals surface area contributed by atoms with Crippen molar-refractivity contribution in [2.45, 2.75) is 90.9 Å². The first-order valence-electron chi connectivity index (χ1n) is 7.87. The molecule has 0 aliphatic carbocycles. The highest BCUT2D eigenvalue weighted by Crippen LogP contribution is 2.04. The third kappa shape index (κ3) is 24.7. The highest BCUT2D eigenvalue weighted by molar-refractivity contribution is 5.48. The van der Waals surface area contributed by atoms with Crippen molar-refractivity contribution in [1.29, 1.82) is 0 Å². The number of unbranched alkanes of at least 4 members (excludes halogenated alkanes) is 10. The lowest BCUT2D eigenvalue weighted by Crippen LogP contribution is -1.82. The van der Waals surface area contributed by atoms with Crippen molar-refractivity contribution in [2.75, 3.05) is 6.61 Å². The van der Waals surface area contributed by atoms with Gasteiger partial charge in [-0.1, -0.05) is 71.6 Å². The first kappa shape index (κ1) is 20.0. The van der Waals surface area contributed by atoms with Gasteiger partial charge in [-0.15, -0.1) is 0 Å². The minimum Gasteiger partial charge on any atom is -0.396 e. The Morgan fingerprint density at radius 3 is 1.67 bits per heavy atom. The summed E-state index contributed by atoms with van der Waals surface area (Å²) in [6.45, 7) is 4.78. The van der Waals surface area contributed by atoms with E-state index in [1.54, 1.807) is 0 Å². The van der Waals surface area contributed by atoms with Gasteiger partial charge in [0.1, 0.15) is 6.29 Å². The van der Waals surface area contributed by atoms with Crippen molar-refractivity contribution < 1.29 is 11.3 Å². The first-order chi connectivity index (χ1) is 8.83. The Hall–Kier alpha value is -0.370. The molecule has 0 aliphatic rings. The van der Waals surface area contributed by atoms with Crippen molar-refractivity contribution in [3.05, 3.63) is 0 Å². The average molecular weight is 260 g/mol. The molecule has 0 amide bonds. The summed E-state index contributed by atoms with van der Waals surface area (Å²) in [6.07, 6.45) is 15.5.